The van der Waals surface area contributed by atoms with Crippen molar-refractivity contribution in [1.29, 1.82) is 0 Å². The second kappa shape index (κ2) is 6.93. The molecular formula is C22H27NO3. The van der Waals surface area contributed by atoms with Crippen LogP contribution in [0.5, 0.6) is 11.5 Å². The summed E-state index contributed by atoms with van der Waals surface area (Å²) >= 11 is 0. The number of phenolic OH excluding ortho intramolecular Hbond substituents is 1. The number of ether oxygens (including phenoxy) is 1. The largest absolute Gasteiger partial charge is 0.508 e. The highest BCUT2D eigenvalue weighted by Crippen LogP contribution is 2.33. The first kappa shape index (κ1) is 17.4. The Morgan fingerprint density at radius 3 is 2.58 bits per heavy atom. The van der Waals surface area contributed by atoms with Gasteiger partial charge in [0, 0.05) is 38.0 Å². The fourth-order valence-electron chi connectivity index (χ4n) is 4.11. The fourth-order valence-corrected chi connectivity index (χ4v) is 4.11. The zero-order chi connectivity index (χ0) is 18.1. The second-order valence-electron chi connectivity index (χ2n) is 7.92. The summed E-state index contributed by atoms with van der Waals surface area (Å²) < 4.78 is 6.01. The van der Waals surface area contributed by atoms with E-state index in [0.717, 1.165) is 56.6 Å². The number of aryl methyl sites for hydroxylation is 1. The van der Waals surface area contributed by atoms with Crippen LogP contribution in [0.15, 0.2) is 42.5 Å². The predicted molar refractivity (Wildman–Crippen MR) is 102 cm³/mol. The Morgan fingerprint density at radius 2 is 1.85 bits per heavy atom. The molecular weight excluding hydrogens is 326 g/mol. The molecule has 4 rings (SSSR count). The van der Waals surface area contributed by atoms with E-state index in [9.17, 15) is 10.2 Å². The SMILES string of the molecule is Cc1ccc(CC2(O)CCN(C[C@H]3Cc4cc(O)ccc4O3)CC2)cc1. The van der Waals surface area contributed by atoms with Gasteiger partial charge in [-0.1, -0.05) is 29.8 Å². The summed E-state index contributed by atoms with van der Waals surface area (Å²) in [7, 11) is 0. The number of likely N-dealkylation sites (tertiary alicyclic amines) is 1. The second-order valence-corrected chi connectivity index (χ2v) is 7.92. The van der Waals surface area contributed by atoms with Crippen molar-refractivity contribution in [2.75, 3.05) is 19.6 Å². The third kappa shape index (κ3) is 3.87. The molecule has 1 atom stereocenters. The Balaban J connectivity index is 1.29. The van der Waals surface area contributed by atoms with E-state index in [0.29, 0.717) is 5.75 Å². The lowest BCUT2D eigenvalue weighted by Crippen LogP contribution is -2.48. The number of phenols is 1. The van der Waals surface area contributed by atoms with Gasteiger partial charge in [-0.3, -0.25) is 4.90 Å². The van der Waals surface area contributed by atoms with Crippen LogP contribution in [0.3, 0.4) is 0 Å². The average molecular weight is 353 g/mol. The van der Waals surface area contributed by atoms with Crippen LogP contribution >= 0.6 is 0 Å². The molecule has 0 unspecified atom stereocenters. The van der Waals surface area contributed by atoms with Crippen molar-refractivity contribution in [3.8, 4) is 11.5 Å². The van der Waals surface area contributed by atoms with E-state index in [1.165, 1.54) is 11.1 Å². The number of aromatic hydroxyl groups is 1. The van der Waals surface area contributed by atoms with E-state index < -0.39 is 5.60 Å². The summed E-state index contributed by atoms with van der Waals surface area (Å²) in [4.78, 5) is 2.39. The number of fused-ring (bicyclic) bond motifs is 1. The van der Waals surface area contributed by atoms with Crippen molar-refractivity contribution in [2.24, 2.45) is 0 Å². The Morgan fingerprint density at radius 1 is 1.12 bits per heavy atom. The maximum absolute atomic E-state index is 11.0. The Kier molecular flexibility index (Phi) is 4.63. The lowest BCUT2D eigenvalue weighted by atomic mass is 9.85. The zero-order valence-electron chi connectivity index (χ0n) is 15.3. The lowest BCUT2D eigenvalue weighted by molar-refractivity contribution is -0.0265. The van der Waals surface area contributed by atoms with Crippen LogP contribution in [-0.2, 0) is 12.8 Å². The molecule has 26 heavy (non-hydrogen) atoms. The van der Waals surface area contributed by atoms with Crippen LogP contribution in [0.4, 0.5) is 0 Å². The molecule has 0 amide bonds. The molecule has 0 aliphatic carbocycles. The smallest absolute Gasteiger partial charge is 0.123 e. The van der Waals surface area contributed by atoms with Gasteiger partial charge in [0.2, 0.25) is 0 Å². The molecule has 2 N–H and O–H groups in total. The van der Waals surface area contributed by atoms with E-state index in [4.69, 9.17) is 4.74 Å². The van der Waals surface area contributed by atoms with Crippen LogP contribution in [0.1, 0.15) is 29.5 Å². The lowest BCUT2D eigenvalue weighted by Gasteiger charge is -2.39. The third-order valence-corrected chi connectivity index (χ3v) is 5.69. The molecule has 0 saturated carbocycles. The van der Waals surface area contributed by atoms with Crippen molar-refractivity contribution < 1.29 is 14.9 Å². The maximum Gasteiger partial charge on any atom is 0.123 e. The van der Waals surface area contributed by atoms with E-state index in [-0.39, 0.29) is 6.10 Å². The normalized spacial score (nSPS) is 22.0. The molecule has 138 valence electrons. The highest BCUT2D eigenvalue weighted by molar-refractivity contribution is 5.42. The van der Waals surface area contributed by atoms with Crippen LogP contribution in [0.2, 0.25) is 0 Å². The average Bonchev–Trinajstić information content (AvgIpc) is 3.01. The van der Waals surface area contributed by atoms with Gasteiger partial charge >= 0.3 is 0 Å². The number of hydrogen-bond donors (Lipinski definition) is 2. The van der Waals surface area contributed by atoms with Gasteiger partial charge in [-0.25, -0.2) is 0 Å². The first-order valence-corrected chi connectivity index (χ1v) is 9.48. The minimum Gasteiger partial charge on any atom is -0.508 e. The van der Waals surface area contributed by atoms with Crippen LogP contribution in [0, 0.1) is 6.92 Å². The number of aliphatic hydroxyl groups is 1. The van der Waals surface area contributed by atoms with Gasteiger partial charge in [0.25, 0.3) is 0 Å². The third-order valence-electron chi connectivity index (χ3n) is 5.69. The molecule has 2 aliphatic rings. The summed E-state index contributed by atoms with van der Waals surface area (Å²) in [5, 5.41) is 20.6. The van der Waals surface area contributed by atoms with Crippen molar-refractivity contribution in [1.82, 2.24) is 4.90 Å². The number of hydrogen-bond acceptors (Lipinski definition) is 4. The van der Waals surface area contributed by atoms with Crippen LogP contribution in [0.25, 0.3) is 0 Å². The number of rotatable bonds is 4. The Labute approximate surface area is 155 Å². The molecule has 1 saturated heterocycles. The van der Waals surface area contributed by atoms with Crippen molar-refractivity contribution >= 4 is 0 Å². The minimum absolute atomic E-state index is 0.134. The van der Waals surface area contributed by atoms with Gasteiger partial charge in [0.1, 0.15) is 17.6 Å². The molecule has 0 bridgehead atoms. The first-order valence-electron chi connectivity index (χ1n) is 9.48. The van der Waals surface area contributed by atoms with Gasteiger partial charge in [-0.15, -0.1) is 0 Å². The van der Waals surface area contributed by atoms with Gasteiger partial charge in [-0.2, -0.15) is 0 Å². The fraction of sp³-hybridized carbons (Fsp3) is 0.455. The predicted octanol–water partition coefficient (Wildman–Crippen LogP) is 3.07. The van der Waals surface area contributed by atoms with Crippen molar-refractivity contribution in [2.45, 2.75) is 44.3 Å². The number of piperidine rings is 1. The summed E-state index contributed by atoms with van der Waals surface area (Å²) in [6.45, 7) is 4.74. The first-order chi connectivity index (χ1) is 12.5. The van der Waals surface area contributed by atoms with E-state index >= 15 is 0 Å². The van der Waals surface area contributed by atoms with Gasteiger partial charge < -0.3 is 14.9 Å². The number of nitrogens with zero attached hydrogens (tertiary/aromatic N) is 1. The van der Waals surface area contributed by atoms with Crippen LogP contribution in [-0.4, -0.2) is 46.5 Å². The summed E-state index contributed by atoms with van der Waals surface area (Å²) in [6.07, 6.45) is 3.29. The number of benzene rings is 2. The highest BCUT2D eigenvalue weighted by Gasteiger charge is 2.34. The van der Waals surface area contributed by atoms with Gasteiger partial charge in [0.05, 0.1) is 5.60 Å². The van der Waals surface area contributed by atoms with E-state index in [2.05, 4.69) is 36.1 Å². The van der Waals surface area contributed by atoms with Gasteiger partial charge in [-0.05, 0) is 43.5 Å². The molecule has 1 fully saturated rings. The molecule has 2 aromatic carbocycles. The topological polar surface area (TPSA) is 52.9 Å². The van der Waals surface area contributed by atoms with Crippen LogP contribution < -0.4 is 4.74 Å². The molecule has 2 heterocycles. The van der Waals surface area contributed by atoms with Crippen molar-refractivity contribution in [3.63, 3.8) is 0 Å². The van der Waals surface area contributed by atoms with Gasteiger partial charge in [0.15, 0.2) is 0 Å². The van der Waals surface area contributed by atoms with Crippen molar-refractivity contribution in [3.05, 3.63) is 59.2 Å². The summed E-state index contributed by atoms with van der Waals surface area (Å²) in [5.41, 5.74) is 2.95. The molecule has 4 nitrogen and oxygen atoms in total. The van der Waals surface area contributed by atoms with E-state index in [1.54, 1.807) is 12.1 Å². The summed E-state index contributed by atoms with van der Waals surface area (Å²) in [5.74, 6) is 1.19. The molecule has 2 aromatic rings. The molecule has 0 radical (unpaired) electrons. The zero-order valence-corrected chi connectivity index (χ0v) is 15.3. The molecule has 0 aromatic heterocycles. The standard InChI is InChI=1S/C22H27NO3/c1-16-2-4-17(5-3-16)14-22(25)8-10-23(11-9-22)15-20-13-18-12-19(24)6-7-21(18)26-20/h2-7,12,20,24-25H,8-11,13-15H2,1H3/t20-/m1/s1. The Bertz CT molecular complexity index is 763. The summed E-state index contributed by atoms with van der Waals surface area (Å²) in [6, 6.07) is 13.8. The highest BCUT2D eigenvalue weighted by atomic mass is 16.5. The molecule has 4 heteroatoms. The Hall–Kier alpha value is -2.04. The monoisotopic (exact) mass is 353 g/mol. The minimum atomic E-state index is -0.600. The van der Waals surface area contributed by atoms with E-state index in [1.807, 2.05) is 6.07 Å². The quantitative estimate of drug-likeness (QED) is 0.887. The maximum atomic E-state index is 11.0. The molecule has 2 aliphatic heterocycles. The molecule has 0 spiro atoms.